The van der Waals surface area contributed by atoms with Gasteiger partial charge in [-0.15, -0.1) is 6.58 Å². The summed E-state index contributed by atoms with van der Waals surface area (Å²) in [6, 6.07) is 5.52. The molecule has 2 N–H and O–H groups in total. The van der Waals surface area contributed by atoms with Gasteiger partial charge in [-0.25, -0.2) is 4.79 Å². The smallest absolute Gasteiger partial charge is 0.410 e. The van der Waals surface area contributed by atoms with Crippen molar-refractivity contribution in [1.82, 2.24) is 9.80 Å². The first-order chi connectivity index (χ1) is 26.2. The SMILES string of the molecule is C=CCOC12Oc3ccc(OCCN4CC4)cc3C3C(CCCCO)C(CCCCO)C=C(C(=NOC(C)(C)C)CC1N(CCC)C(=O)OCC(C)(C)C)C32. The summed E-state index contributed by atoms with van der Waals surface area (Å²) in [5, 5.41) is 24.7. The summed E-state index contributed by atoms with van der Waals surface area (Å²) in [6.07, 6.45) is 9.63. The van der Waals surface area contributed by atoms with E-state index in [2.05, 4.69) is 51.3 Å². The van der Waals surface area contributed by atoms with Gasteiger partial charge in [0.25, 0.3) is 0 Å². The number of carbonyl (C=O) groups excluding carboxylic acids is 1. The average molecular weight is 768 g/mol. The molecule has 55 heavy (non-hydrogen) atoms. The zero-order valence-electron chi connectivity index (χ0n) is 34.7. The highest BCUT2D eigenvalue weighted by molar-refractivity contribution is 6.03. The predicted molar refractivity (Wildman–Crippen MR) is 216 cm³/mol. The zero-order chi connectivity index (χ0) is 39.8. The Balaban J connectivity index is 1.74. The normalized spacial score (nSPS) is 26.7. The average Bonchev–Trinajstić information content (AvgIpc) is 3.96. The number of hydrogen-bond donors (Lipinski definition) is 2. The molecule has 1 aromatic rings. The molecule has 0 radical (unpaired) electrons. The quantitative estimate of drug-likeness (QED) is 0.0595. The lowest BCUT2D eigenvalue weighted by Gasteiger charge is -2.60. The monoisotopic (exact) mass is 768 g/mol. The second-order valence-electron chi connectivity index (χ2n) is 18.0. The van der Waals surface area contributed by atoms with Crippen LogP contribution in [0.15, 0.2) is 47.7 Å². The van der Waals surface area contributed by atoms with Gasteiger partial charge in [0.2, 0.25) is 5.79 Å². The molecule has 2 fully saturated rings. The van der Waals surface area contributed by atoms with Crippen LogP contribution in [-0.2, 0) is 14.3 Å². The first kappa shape index (κ1) is 43.0. The third-order valence-electron chi connectivity index (χ3n) is 11.0. The van der Waals surface area contributed by atoms with E-state index < -0.39 is 23.5 Å². The molecule has 1 saturated carbocycles. The van der Waals surface area contributed by atoms with Crippen molar-refractivity contribution in [2.45, 2.75) is 123 Å². The molecule has 0 aromatic heterocycles. The molecule has 1 aromatic carbocycles. The van der Waals surface area contributed by atoms with Gasteiger partial charge in [-0.05, 0) is 93.9 Å². The highest BCUT2D eigenvalue weighted by Gasteiger charge is 2.65. The van der Waals surface area contributed by atoms with E-state index in [4.69, 9.17) is 28.9 Å². The number of oxime groups is 1. The number of fused-ring (bicyclic) bond motifs is 2. The fourth-order valence-corrected chi connectivity index (χ4v) is 8.49. The fourth-order valence-electron chi connectivity index (χ4n) is 8.49. The van der Waals surface area contributed by atoms with Crippen molar-refractivity contribution < 1.29 is 38.8 Å². The highest BCUT2D eigenvalue weighted by atomic mass is 16.7. The molecule has 2 heterocycles. The Bertz CT molecular complexity index is 1490. The number of amides is 1. The summed E-state index contributed by atoms with van der Waals surface area (Å²) in [6.45, 7) is 23.1. The number of carbonyl (C=O) groups is 1. The minimum Gasteiger partial charge on any atom is -0.492 e. The topological polar surface area (TPSA) is 122 Å². The molecule has 11 heteroatoms. The van der Waals surface area contributed by atoms with Gasteiger partial charge < -0.3 is 34.0 Å². The first-order valence-electron chi connectivity index (χ1n) is 20.8. The standard InChI is InChI=1S/C44H69N3O8/c1-9-19-47(41(50)52-30-42(3,4)5)38-29-36(45-55-43(6,7)8)34-27-31(15-11-13-23-48)33(16-12-14-24-49)39-35-28-32(51-26-22-46-20-21-46)17-18-37(35)54-44(38,40(34)39)53-25-10-2/h10,17-18,27-28,31,33,38-40,48-49H,2,9,11-16,19-26,29-30H2,1,3-8H3. The zero-order valence-corrected chi connectivity index (χ0v) is 34.7. The first-order valence-corrected chi connectivity index (χ1v) is 20.8. The van der Waals surface area contributed by atoms with Gasteiger partial charge >= 0.3 is 6.09 Å². The van der Waals surface area contributed by atoms with Crippen molar-refractivity contribution in [3.05, 3.63) is 48.1 Å². The Hall–Kier alpha value is -3.12. The van der Waals surface area contributed by atoms with Crippen LogP contribution in [-0.4, -0.2) is 108 Å². The third-order valence-corrected chi connectivity index (χ3v) is 11.0. The molecule has 2 aliphatic carbocycles. The van der Waals surface area contributed by atoms with Gasteiger partial charge in [0, 0.05) is 57.3 Å². The highest BCUT2D eigenvalue weighted by Crippen LogP contribution is 2.62. The summed E-state index contributed by atoms with van der Waals surface area (Å²) in [4.78, 5) is 24.7. The number of aliphatic hydroxyl groups excluding tert-OH is 2. The van der Waals surface area contributed by atoms with Crippen molar-refractivity contribution >= 4 is 11.8 Å². The van der Waals surface area contributed by atoms with Crippen LogP contribution in [0.5, 0.6) is 11.5 Å². The number of allylic oxidation sites excluding steroid dienone is 1. The summed E-state index contributed by atoms with van der Waals surface area (Å²) in [5.74, 6) is -0.0192. The van der Waals surface area contributed by atoms with Gasteiger partial charge in [0.1, 0.15) is 29.7 Å². The van der Waals surface area contributed by atoms with Crippen LogP contribution >= 0.6 is 0 Å². The number of aliphatic hydroxyl groups is 2. The predicted octanol–water partition coefficient (Wildman–Crippen LogP) is 7.71. The Morgan fingerprint density at radius 1 is 1.09 bits per heavy atom. The van der Waals surface area contributed by atoms with E-state index in [1.807, 2.05) is 32.9 Å². The number of ether oxygens (including phenoxy) is 4. The molecule has 1 saturated heterocycles. The van der Waals surface area contributed by atoms with Crippen LogP contribution in [0.3, 0.4) is 0 Å². The summed E-state index contributed by atoms with van der Waals surface area (Å²) in [5.41, 5.74) is 2.06. The van der Waals surface area contributed by atoms with Crippen LogP contribution < -0.4 is 9.47 Å². The maximum atomic E-state index is 14.3. The number of rotatable bonds is 20. The maximum Gasteiger partial charge on any atom is 0.410 e. The Morgan fingerprint density at radius 2 is 1.82 bits per heavy atom. The van der Waals surface area contributed by atoms with Crippen molar-refractivity contribution in [3.8, 4) is 11.5 Å². The van der Waals surface area contributed by atoms with Gasteiger partial charge in [-0.3, -0.25) is 9.80 Å². The van der Waals surface area contributed by atoms with E-state index in [0.717, 1.165) is 74.3 Å². The second kappa shape index (κ2) is 18.9. The van der Waals surface area contributed by atoms with Crippen molar-refractivity contribution in [2.75, 3.05) is 59.2 Å². The van der Waals surface area contributed by atoms with Gasteiger partial charge in [0.05, 0.1) is 24.8 Å². The van der Waals surface area contributed by atoms with Gasteiger partial charge in [0.15, 0.2) is 0 Å². The van der Waals surface area contributed by atoms with Crippen LogP contribution in [0, 0.1) is 23.2 Å². The summed E-state index contributed by atoms with van der Waals surface area (Å²) in [7, 11) is 0. The van der Waals surface area contributed by atoms with Gasteiger partial charge in [-0.1, -0.05) is 57.8 Å². The molecule has 11 nitrogen and oxygen atoms in total. The molecule has 0 spiro atoms. The number of nitrogens with zero attached hydrogens (tertiary/aromatic N) is 3. The van der Waals surface area contributed by atoms with Crippen LogP contribution in [0.2, 0.25) is 0 Å². The van der Waals surface area contributed by atoms with E-state index in [9.17, 15) is 15.0 Å². The summed E-state index contributed by atoms with van der Waals surface area (Å²) >= 11 is 0. The van der Waals surface area contributed by atoms with Crippen molar-refractivity contribution in [1.29, 1.82) is 0 Å². The minimum absolute atomic E-state index is 0.112. The lowest BCUT2D eigenvalue weighted by atomic mass is 9.55. The molecular weight excluding hydrogens is 698 g/mol. The second-order valence-corrected chi connectivity index (χ2v) is 18.0. The van der Waals surface area contributed by atoms with Gasteiger partial charge in [-0.2, -0.15) is 0 Å². The van der Waals surface area contributed by atoms with Crippen LogP contribution in [0.1, 0.15) is 111 Å². The lowest BCUT2D eigenvalue weighted by Crippen LogP contribution is -2.70. The molecule has 1 amide bonds. The summed E-state index contributed by atoms with van der Waals surface area (Å²) < 4.78 is 26.8. The van der Waals surface area contributed by atoms with E-state index >= 15 is 0 Å². The molecule has 6 unspecified atom stereocenters. The minimum atomic E-state index is -1.32. The van der Waals surface area contributed by atoms with Crippen LogP contribution in [0.25, 0.3) is 0 Å². The molecule has 5 rings (SSSR count). The van der Waals surface area contributed by atoms with Crippen molar-refractivity contribution in [3.63, 3.8) is 0 Å². The van der Waals surface area contributed by atoms with Crippen molar-refractivity contribution in [2.24, 2.45) is 28.3 Å². The number of benzene rings is 1. The largest absolute Gasteiger partial charge is 0.492 e. The molecule has 308 valence electrons. The van der Waals surface area contributed by atoms with E-state index in [1.54, 1.807) is 11.0 Å². The molecule has 2 aliphatic heterocycles. The van der Waals surface area contributed by atoms with Crippen LogP contribution in [0.4, 0.5) is 4.79 Å². The third kappa shape index (κ3) is 10.8. The Kier molecular flexibility index (Phi) is 14.8. The van der Waals surface area contributed by atoms with E-state index in [-0.39, 0.29) is 55.5 Å². The number of hydrogen-bond acceptors (Lipinski definition) is 10. The Labute approximate surface area is 330 Å². The van der Waals surface area contributed by atoms with E-state index in [0.29, 0.717) is 38.2 Å². The van der Waals surface area contributed by atoms with E-state index in [1.165, 1.54) is 0 Å². The Morgan fingerprint density at radius 3 is 2.45 bits per heavy atom. The molecule has 4 aliphatic rings. The molecule has 6 atom stereocenters. The fraction of sp³-hybridized carbons (Fsp3) is 0.727. The molecule has 0 bridgehead atoms. The maximum absolute atomic E-state index is 14.3. The number of unbranched alkanes of at least 4 members (excludes halogenated alkanes) is 2. The lowest BCUT2D eigenvalue weighted by molar-refractivity contribution is -0.255. The molecular formula is C44H69N3O8.